The number of fused-ring (bicyclic) bond motifs is 1. The molecule has 0 saturated heterocycles. The van der Waals surface area contributed by atoms with Gasteiger partial charge in [-0.1, -0.05) is 12.1 Å². The Morgan fingerprint density at radius 3 is 2.38 bits per heavy atom. The predicted octanol–water partition coefficient (Wildman–Crippen LogP) is 2.25. The van der Waals surface area contributed by atoms with E-state index < -0.39 is 0 Å². The van der Waals surface area contributed by atoms with Crippen molar-refractivity contribution >= 4 is 17.2 Å². The van der Waals surface area contributed by atoms with Crippen LogP contribution in [0.3, 0.4) is 0 Å². The summed E-state index contributed by atoms with van der Waals surface area (Å²) in [5.74, 6) is 1.08. The molecule has 0 unspecified atom stereocenters. The van der Waals surface area contributed by atoms with Crippen LogP contribution >= 0.6 is 0 Å². The van der Waals surface area contributed by atoms with Gasteiger partial charge in [0, 0.05) is 0 Å². The standard InChI is InChI=1S/C11H10O2.CH2O2/c1-13-11-5-3-8-2-4-10(12)6-9(8)7-11;2-1-3/h2-7,12H,1H3;1H,(H,2,3). The van der Waals surface area contributed by atoms with Gasteiger partial charge in [-0.3, -0.25) is 4.79 Å². The Morgan fingerprint density at radius 2 is 1.75 bits per heavy atom. The Hall–Kier alpha value is -2.23. The van der Waals surface area contributed by atoms with Gasteiger partial charge in [0.25, 0.3) is 6.47 Å². The number of carboxylic acid groups (broad SMARTS) is 1. The quantitative estimate of drug-likeness (QED) is 0.723. The van der Waals surface area contributed by atoms with E-state index in [1.807, 2.05) is 24.3 Å². The molecule has 2 rings (SSSR count). The fourth-order valence-corrected chi connectivity index (χ4v) is 1.34. The lowest BCUT2D eigenvalue weighted by atomic mass is 10.1. The average Bonchev–Trinajstić information content (AvgIpc) is 2.29. The van der Waals surface area contributed by atoms with Crippen LogP contribution in [0.4, 0.5) is 0 Å². The molecule has 0 aliphatic heterocycles. The Bertz CT molecular complexity index is 479. The summed E-state index contributed by atoms with van der Waals surface area (Å²) in [5.41, 5.74) is 0. The molecule has 0 atom stereocenters. The van der Waals surface area contributed by atoms with E-state index in [-0.39, 0.29) is 12.2 Å². The fraction of sp³-hybridized carbons (Fsp3) is 0.0833. The number of rotatable bonds is 1. The summed E-state index contributed by atoms with van der Waals surface area (Å²) in [6.45, 7) is -0.250. The molecule has 0 heterocycles. The van der Waals surface area contributed by atoms with Gasteiger partial charge in [-0.2, -0.15) is 0 Å². The maximum atomic E-state index is 9.25. The third-order valence-corrected chi connectivity index (χ3v) is 2.03. The monoisotopic (exact) mass is 220 g/mol. The molecule has 4 nitrogen and oxygen atoms in total. The summed E-state index contributed by atoms with van der Waals surface area (Å²) in [6.07, 6.45) is 0. The van der Waals surface area contributed by atoms with E-state index in [1.165, 1.54) is 0 Å². The van der Waals surface area contributed by atoms with Gasteiger partial charge < -0.3 is 14.9 Å². The van der Waals surface area contributed by atoms with E-state index in [0.29, 0.717) is 0 Å². The molecule has 0 saturated carbocycles. The highest BCUT2D eigenvalue weighted by Gasteiger charge is 1.96. The second-order valence-corrected chi connectivity index (χ2v) is 3.00. The zero-order chi connectivity index (χ0) is 12.0. The number of benzene rings is 2. The Balaban J connectivity index is 0.000000386. The molecular formula is C12H12O4. The van der Waals surface area contributed by atoms with Crippen molar-refractivity contribution in [3.05, 3.63) is 36.4 Å². The number of phenolic OH excluding ortho intramolecular Hbond substituents is 1. The second kappa shape index (κ2) is 5.60. The van der Waals surface area contributed by atoms with E-state index >= 15 is 0 Å². The maximum absolute atomic E-state index is 9.25. The van der Waals surface area contributed by atoms with Crippen LogP contribution < -0.4 is 4.74 Å². The lowest BCUT2D eigenvalue weighted by Gasteiger charge is -2.02. The van der Waals surface area contributed by atoms with Gasteiger partial charge in [0.15, 0.2) is 0 Å². The molecule has 0 amide bonds. The van der Waals surface area contributed by atoms with Crippen LogP contribution in [0.2, 0.25) is 0 Å². The average molecular weight is 220 g/mol. The second-order valence-electron chi connectivity index (χ2n) is 3.00. The number of aromatic hydroxyl groups is 1. The summed E-state index contributed by atoms with van der Waals surface area (Å²) < 4.78 is 5.08. The zero-order valence-electron chi connectivity index (χ0n) is 8.75. The third-order valence-electron chi connectivity index (χ3n) is 2.03. The van der Waals surface area contributed by atoms with E-state index in [0.717, 1.165) is 16.5 Å². The Morgan fingerprint density at radius 1 is 1.12 bits per heavy atom. The van der Waals surface area contributed by atoms with Crippen LogP contribution in [0.15, 0.2) is 36.4 Å². The molecule has 0 radical (unpaired) electrons. The third kappa shape index (κ3) is 2.88. The number of carbonyl (C=O) groups is 1. The lowest BCUT2D eigenvalue weighted by Crippen LogP contribution is -1.81. The number of hydrogen-bond acceptors (Lipinski definition) is 3. The van der Waals surface area contributed by atoms with Crippen molar-refractivity contribution in [2.75, 3.05) is 7.11 Å². The smallest absolute Gasteiger partial charge is 0.290 e. The topological polar surface area (TPSA) is 66.8 Å². The van der Waals surface area contributed by atoms with E-state index in [9.17, 15) is 5.11 Å². The highest BCUT2D eigenvalue weighted by Crippen LogP contribution is 2.23. The first kappa shape index (κ1) is 11.8. The summed E-state index contributed by atoms with van der Waals surface area (Å²) in [4.78, 5) is 8.36. The number of methoxy groups -OCH3 is 1. The molecule has 0 aliphatic rings. The summed E-state index contributed by atoms with van der Waals surface area (Å²) in [7, 11) is 1.63. The van der Waals surface area contributed by atoms with Crippen molar-refractivity contribution in [3.63, 3.8) is 0 Å². The molecule has 2 N–H and O–H groups in total. The van der Waals surface area contributed by atoms with Gasteiger partial charge in [0.1, 0.15) is 11.5 Å². The minimum Gasteiger partial charge on any atom is -0.508 e. The van der Waals surface area contributed by atoms with Crippen LogP contribution in [0, 0.1) is 0 Å². The molecule has 0 aliphatic carbocycles. The summed E-state index contributed by atoms with van der Waals surface area (Å²) in [6, 6.07) is 11.0. The van der Waals surface area contributed by atoms with Crippen molar-refractivity contribution in [3.8, 4) is 11.5 Å². The van der Waals surface area contributed by atoms with Crippen LogP contribution in [0.1, 0.15) is 0 Å². The molecule has 16 heavy (non-hydrogen) atoms. The van der Waals surface area contributed by atoms with E-state index in [4.69, 9.17) is 14.6 Å². The van der Waals surface area contributed by atoms with Gasteiger partial charge in [-0.15, -0.1) is 0 Å². The first-order valence-electron chi connectivity index (χ1n) is 4.56. The molecule has 0 aromatic heterocycles. The highest BCUT2D eigenvalue weighted by molar-refractivity contribution is 5.85. The molecule has 2 aromatic carbocycles. The Kier molecular flexibility index (Phi) is 4.15. The van der Waals surface area contributed by atoms with Crippen molar-refractivity contribution in [1.29, 1.82) is 0 Å². The number of hydrogen-bond donors (Lipinski definition) is 2. The summed E-state index contributed by atoms with van der Waals surface area (Å²) in [5, 5.41) is 18.2. The fourth-order valence-electron chi connectivity index (χ4n) is 1.34. The number of phenols is 1. The number of ether oxygens (including phenoxy) is 1. The van der Waals surface area contributed by atoms with Gasteiger partial charge >= 0.3 is 0 Å². The van der Waals surface area contributed by atoms with Crippen LogP contribution in [-0.4, -0.2) is 23.8 Å². The van der Waals surface area contributed by atoms with Gasteiger partial charge in [-0.25, -0.2) is 0 Å². The van der Waals surface area contributed by atoms with Crippen LogP contribution in [-0.2, 0) is 4.79 Å². The van der Waals surface area contributed by atoms with Gasteiger partial charge in [0.2, 0.25) is 0 Å². The first-order valence-corrected chi connectivity index (χ1v) is 4.56. The molecule has 2 aromatic rings. The van der Waals surface area contributed by atoms with Crippen LogP contribution in [0.25, 0.3) is 10.8 Å². The van der Waals surface area contributed by atoms with E-state index in [2.05, 4.69) is 0 Å². The van der Waals surface area contributed by atoms with Gasteiger partial charge in [-0.05, 0) is 35.0 Å². The van der Waals surface area contributed by atoms with Crippen molar-refractivity contribution < 1.29 is 19.7 Å². The SMILES string of the molecule is COc1ccc2ccc(O)cc2c1.O=CO. The molecule has 0 bridgehead atoms. The minimum absolute atomic E-state index is 0.250. The van der Waals surface area contributed by atoms with Crippen molar-refractivity contribution in [1.82, 2.24) is 0 Å². The normalized spacial score (nSPS) is 9.06. The van der Waals surface area contributed by atoms with Crippen LogP contribution in [0.5, 0.6) is 11.5 Å². The lowest BCUT2D eigenvalue weighted by molar-refractivity contribution is -0.122. The molecule has 84 valence electrons. The van der Waals surface area contributed by atoms with E-state index in [1.54, 1.807) is 19.2 Å². The molecule has 4 heteroatoms. The zero-order valence-corrected chi connectivity index (χ0v) is 8.75. The highest BCUT2D eigenvalue weighted by atomic mass is 16.5. The van der Waals surface area contributed by atoms with Gasteiger partial charge in [0.05, 0.1) is 7.11 Å². The predicted molar refractivity (Wildman–Crippen MR) is 60.9 cm³/mol. The minimum atomic E-state index is -0.250. The van der Waals surface area contributed by atoms with Crippen molar-refractivity contribution in [2.24, 2.45) is 0 Å². The first-order chi connectivity index (χ1) is 7.71. The van der Waals surface area contributed by atoms with Crippen molar-refractivity contribution in [2.45, 2.75) is 0 Å². The maximum Gasteiger partial charge on any atom is 0.290 e. The Labute approximate surface area is 92.7 Å². The summed E-state index contributed by atoms with van der Waals surface area (Å²) >= 11 is 0. The molecule has 0 fully saturated rings. The largest absolute Gasteiger partial charge is 0.508 e. The molecule has 0 spiro atoms. The molecular weight excluding hydrogens is 208 g/mol.